The van der Waals surface area contributed by atoms with E-state index in [2.05, 4.69) is 16.0 Å². The van der Waals surface area contributed by atoms with Crippen LogP contribution in [0.25, 0.3) is 17.4 Å². The number of hydrogen-bond acceptors (Lipinski definition) is 6. The Kier molecular flexibility index (Phi) is 10.1. The van der Waals surface area contributed by atoms with E-state index < -0.39 is 11.8 Å². The summed E-state index contributed by atoms with van der Waals surface area (Å²) in [6.45, 7) is 2.01. The average molecular weight is 618 g/mol. The molecule has 4 aromatic carbocycles. The lowest BCUT2D eigenvalue weighted by molar-refractivity contribution is -0.114. The van der Waals surface area contributed by atoms with Gasteiger partial charge in [-0.2, -0.15) is 0 Å². The third kappa shape index (κ3) is 8.52. The predicted octanol–water partition coefficient (Wildman–Crippen LogP) is 7.40. The molecule has 0 atom stereocenters. The molecule has 0 fully saturated rings. The molecule has 8 nitrogen and oxygen atoms in total. The van der Waals surface area contributed by atoms with Crippen molar-refractivity contribution in [2.45, 2.75) is 11.8 Å². The van der Waals surface area contributed by atoms with Crippen molar-refractivity contribution in [2.75, 3.05) is 23.5 Å². The van der Waals surface area contributed by atoms with E-state index in [1.165, 1.54) is 17.8 Å². The zero-order valence-electron chi connectivity index (χ0n) is 24.7. The molecular formula is C36H31N3O5S. The number of aryl methyl sites for hydroxylation is 1. The first-order chi connectivity index (χ1) is 21.9. The number of hydrogen-bond donors (Lipinski definition) is 3. The van der Waals surface area contributed by atoms with Gasteiger partial charge in [0.25, 0.3) is 11.8 Å². The van der Waals surface area contributed by atoms with E-state index in [1.807, 2.05) is 67.6 Å². The molecule has 226 valence electrons. The van der Waals surface area contributed by atoms with Crippen molar-refractivity contribution in [1.29, 1.82) is 0 Å². The number of rotatable bonds is 11. The van der Waals surface area contributed by atoms with Gasteiger partial charge >= 0.3 is 0 Å². The first-order valence-corrected chi connectivity index (χ1v) is 15.1. The summed E-state index contributed by atoms with van der Waals surface area (Å²) in [7, 11) is 1.55. The van der Waals surface area contributed by atoms with Gasteiger partial charge < -0.3 is 25.1 Å². The summed E-state index contributed by atoms with van der Waals surface area (Å²) >= 11 is 1.36. The molecule has 45 heavy (non-hydrogen) atoms. The summed E-state index contributed by atoms with van der Waals surface area (Å²) in [6.07, 6.45) is 1.50. The van der Waals surface area contributed by atoms with Crippen LogP contribution in [-0.4, -0.2) is 30.6 Å². The fourth-order valence-corrected chi connectivity index (χ4v) is 5.00. The van der Waals surface area contributed by atoms with Crippen molar-refractivity contribution in [3.05, 3.63) is 138 Å². The van der Waals surface area contributed by atoms with Crippen molar-refractivity contribution in [3.8, 4) is 17.1 Å². The van der Waals surface area contributed by atoms with E-state index in [0.29, 0.717) is 34.2 Å². The summed E-state index contributed by atoms with van der Waals surface area (Å²) in [5.41, 5.74) is 3.58. The number of anilines is 2. The van der Waals surface area contributed by atoms with Gasteiger partial charge in [-0.15, -0.1) is 11.8 Å². The van der Waals surface area contributed by atoms with Crippen LogP contribution in [0.1, 0.15) is 21.7 Å². The number of amides is 3. The standard InChI is InChI=1S/C36H31N3O5S/c1-24-12-14-25(15-13-24)32-21-18-28(44-32)22-31(39-35(41)26-8-4-3-5-9-26)36(42)37-27-16-19-29(20-17-27)45-23-34(40)38-30-10-6-7-11-33(30)43-2/h3-22H,23H2,1-2H3,(H,37,42)(H,38,40)(H,39,41)/b31-22-. The normalized spacial score (nSPS) is 11.0. The van der Waals surface area contributed by atoms with Gasteiger partial charge in [0.05, 0.1) is 18.6 Å². The smallest absolute Gasteiger partial charge is 0.272 e. The molecule has 3 amide bonds. The highest BCUT2D eigenvalue weighted by Crippen LogP contribution is 2.26. The Bertz CT molecular complexity index is 1810. The lowest BCUT2D eigenvalue weighted by atomic mass is 10.1. The minimum Gasteiger partial charge on any atom is -0.495 e. The lowest BCUT2D eigenvalue weighted by Crippen LogP contribution is -2.30. The van der Waals surface area contributed by atoms with Crippen LogP contribution in [0.4, 0.5) is 11.4 Å². The third-order valence-corrected chi connectivity index (χ3v) is 7.65. The highest BCUT2D eigenvalue weighted by atomic mass is 32.2. The van der Waals surface area contributed by atoms with Gasteiger partial charge in [0, 0.05) is 27.8 Å². The number of benzene rings is 4. The number of nitrogens with one attached hydrogen (secondary N) is 3. The number of thioether (sulfide) groups is 1. The maximum Gasteiger partial charge on any atom is 0.272 e. The summed E-state index contributed by atoms with van der Waals surface area (Å²) < 4.78 is 11.3. The quantitative estimate of drug-likeness (QED) is 0.105. The minimum absolute atomic E-state index is 0.0140. The van der Waals surface area contributed by atoms with Gasteiger partial charge in [-0.1, -0.05) is 60.2 Å². The summed E-state index contributed by atoms with van der Waals surface area (Å²) in [5.74, 6) is 0.694. The molecule has 0 aliphatic heterocycles. The second-order valence-electron chi connectivity index (χ2n) is 9.96. The zero-order valence-corrected chi connectivity index (χ0v) is 25.5. The van der Waals surface area contributed by atoms with Gasteiger partial charge in [-0.25, -0.2) is 0 Å². The largest absolute Gasteiger partial charge is 0.495 e. The fourth-order valence-electron chi connectivity index (χ4n) is 4.30. The Morgan fingerprint density at radius 2 is 1.51 bits per heavy atom. The summed E-state index contributed by atoms with van der Waals surface area (Å²) in [4.78, 5) is 39.7. The number of furan rings is 1. The SMILES string of the molecule is COc1ccccc1NC(=O)CSc1ccc(NC(=O)/C(=C/c2ccc(-c3ccc(C)cc3)o2)NC(=O)c2ccccc2)cc1. The van der Waals surface area contributed by atoms with Crippen LogP contribution in [0.3, 0.4) is 0 Å². The Balaban J connectivity index is 1.26. The van der Waals surface area contributed by atoms with Crippen molar-refractivity contribution in [2.24, 2.45) is 0 Å². The molecule has 0 radical (unpaired) electrons. The molecule has 5 aromatic rings. The molecular weight excluding hydrogens is 586 g/mol. The summed E-state index contributed by atoms with van der Waals surface area (Å²) in [5, 5.41) is 8.41. The van der Waals surface area contributed by atoms with Crippen molar-refractivity contribution >= 4 is 46.9 Å². The van der Waals surface area contributed by atoms with E-state index >= 15 is 0 Å². The third-order valence-electron chi connectivity index (χ3n) is 6.64. The van der Waals surface area contributed by atoms with Crippen LogP contribution in [0.5, 0.6) is 5.75 Å². The van der Waals surface area contributed by atoms with Crippen LogP contribution in [0, 0.1) is 6.92 Å². The van der Waals surface area contributed by atoms with E-state index in [-0.39, 0.29) is 17.4 Å². The molecule has 0 saturated heterocycles. The molecule has 1 aromatic heterocycles. The van der Waals surface area contributed by atoms with Crippen molar-refractivity contribution in [1.82, 2.24) is 5.32 Å². The van der Waals surface area contributed by atoms with Crippen molar-refractivity contribution in [3.63, 3.8) is 0 Å². The molecule has 0 unspecified atom stereocenters. The molecule has 0 aliphatic rings. The first kappa shape index (κ1) is 30.9. The maximum absolute atomic E-state index is 13.4. The molecule has 0 aliphatic carbocycles. The van der Waals surface area contributed by atoms with Crippen LogP contribution in [0.2, 0.25) is 0 Å². The molecule has 5 rings (SSSR count). The Morgan fingerprint density at radius 3 is 2.24 bits per heavy atom. The molecule has 9 heteroatoms. The number of carbonyl (C=O) groups is 3. The van der Waals surface area contributed by atoms with Crippen molar-refractivity contribution < 1.29 is 23.5 Å². The number of ether oxygens (including phenoxy) is 1. The summed E-state index contributed by atoms with van der Waals surface area (Å²) in [6, 6.07) is 34.4. The fraction of sp³-hybridized carbons (Fsp3) is 0.0833. The molecule has 0 spiro atoms. The van der Waals surface area contributed by atoms with Crippen LogP contribution >= 0.6 is 11.8 Å². The second kappa shape index (κ2) is 14.8. The van der Waals surface area contributed by atoms with Gasteiger partial charge in [0.2, 0.25) is 5.91 Å². The van der Waals surface area contributed by atoms with E-state index in [9.17, 15) is 14.4 Å². The molecule has 0 bridgehead atoms. The number of para-hydroxylation sites is 2. The highest BCUT2D eigenvalue weighted by Gasteiger charge is 2.17. The van der Waals surface area contributed by atoms with E-state index in [4.69, 9.17) is 9.15 Å². The van der Waals surface area contributed by atoms with Crippen LogP contribution in [-0.2, 0) is 9.59 Å². The minimum atomic E-state index is -0.524. The molecule has 0 saturated carbocycles. The topological polar surface area (TPSA) is 110 Å². The van der Waals surface area contributed by atoms with Gasteiger partial charge in [-0.3, -0.25) is 14.4 Å². The second-order valence-corrected chi connectivity index (χ2v) is 11.0. The average Bonchev–Trinajstić information content (AvgIpc) is 3.53. The Hall–Kier alpha value is -5.54. The van der Waals surface area contributed by atoms with E-state index in [1.54, 1.807) is 61.7 Å². The Morgan fingerprint density at radius 1 is 0.800 bits per heavy atom. The van der Waals surface area contributed by atoms with Gasteiger partial charge in [0.15, 0.2) is 0 Å². The highest BCUT2D eigenvalue weighted by molar-refractivity contribution is 8.00. The van der Waals surface area contributed by atoms with Crippen LogP contribution in [0.15, 0.2) is 130 Å². The predicted molar refractivity (Wildman–Crippen MR) is 178 cm³/mol. The first-order valence-electron chi connectivity index (χ1n) is 14.1. The zero-order chi connectivity index (χ0) is 31.6. The monoisotopic (exact) mass is 617 g/mol. The maximum atomic E-state index is 13.4. The lowest BCUT2D eigenvalue weighted by Gasteiger charge is -2.12. The number of methoxy groups -OCH3 is 1. The van der Waals surface area contributed by atoms with Gasteiger partial charge in [0.1, 0.15) is 23.0 Å². The van der Waals surface area contributed by atoms with Crippen LogP contribution < -0.4 is 20.7 Å². The van der Waals surface area contributed by atoms with Gasteiger partial charge in [-0.05, 0) is 67.6 Å². The van der Waals surface area contributed by atoms with E-state index in [0.717, 1.165) is 16.0 Å². The molecule has 1 heterocycles. The number of carbonyl (C=O) groups excluding carboxylic acids is 3. The molecule has 3 N–H and O–H groups in total. The Labute approximate surface area is 265 Å².